The van der Waals surface area contributed by atoms with E-state index in [1.54, 1.807) is 25.3 Å². The molecule has 0 spiro atoms. The molecule has 0 saturated heterocycles. The first-order valence-electron chi connectivity index (χ1n) is 9.40. The lowest BCUT2D eigenvalue weighted by atomic mass is 9.87. The molecule has 150 valence electrons. The zero-order valence-corrected chi connectivity index (χ0v) is 16.3. The molecular formula is C21H25NO6. The number of aliphatic hydroxyl groups excluding tert-OH is 1. The standard InChI is InChI=1S/C21H25NO6/c1-4-27-21(26)15-11-22-16(12(2)3)7-13-8-20(28-6-5-23)19(25)9-14(13)17(22)10-18(15)24/h8-12,16,23,25H,4-7H2,1-3H3. The van der Waals surface area contributed by atoms with Crippen molar-refractivity contribution in [2.24, 2.45) is 5.92 Å². The number of benzene rings is 1. The van der Waals surface area contributed by atoms with Crippen LogP contribution in [0.3, 0.4) is 0 Å². The van der Waals surface area contributed by atoms with Crippen LogP contribution >= 0.6 is 0 Å². The maximum Gasteiger partial charge on any atom is 0.343 e. The van der Waals surface area contributed by atoms with Gasteiger partial charge in [-0.25, -0.2) is 4.79 Å². The highest BCUT2D eigenvalue weighted by atomic mass is 16.5. The van der Waals surface area contributed by atoms with Gasteiger partial charge in [0.15, 0.2) is 16.9 Å². The number of esters is 1. The van der Waals surface area contributed by atoms with Gasteiger partial charge in [0.2, 0.25) is 0 Å². The monoisotopic (exact) mass is 387 g/mol. The Kier molecular flexibility index (Phi) is 5.74. The maximum absolute atomic E-state index is 12.6. The number of pyridine rings is 1. The molecule has 0 aliphatic carbocycles. The van der Waals surface area contributed by atoms with E-state index in [1.165, 1.54) is 6.07 Å². The van der Waals surface area contributed by atoms with E-state index in [0.29, 0.717) is 17.9 Å². The number of rotatable bonds is 6. The molecule has 2 N–H and O–H groups in total. The quantitative estimate of drug-likeness (QED) is 0.739. The Balaban J connectivity index is 2.16. The van der Waals surface area contributed by atoms with E-state index >= 15 is 0 Å². The fraction of sp³-hybridized carbons (Fsp3) is 0.429. The van der Waals surface area contributed by atoms with Gasteiger partial charge in [0, 0.05) is 23.9 Å². The fourth-order valence-corrected chi connectivity index (χ4v) is 3.57. The van der Waals surface area contributed by atoms with Gasteiger partial charge in [0.05, 0.1) is 18.9 Å². The summed E-state index contributed by atoms with van der Waals surface area (Å²) in [5.74, 6) is -0.162. The molecule has 28 heavy (non-hydrogen) atoms. The molecule has 7 heteroatoms. The number of aromatic hydroxyl groups is 1. The second kappa shape index (κ2) is 8.06. The van der Waals surface area contributed by atoms with Gasteiger partial charge < -0.3 is 24.3 Å². The van der Waals surface area contributed by atoms with Gasteiger partial charge in [-0.2, -0.15) is 0 Å². The average Bonchev–Trinajstić information content (AvgIpc) is 2.65. The molecule has 0 radical (unpaired) electrons. The minimum atomic E-state index is -0.633. The summed E-state index contributed by atoms with van der Waals surface area (Å²) in [7, 11) is 0. The SMILES string of the molecule is CCOC(=O)c1cn2c(cc1=O)-c1cc(O)c(OCCO)cc1CC2C(C)C. The molecule has 2 aromatic rings. The van der Waals surface area contributed by atoms with Crippen LogP contribution in [0.25, 0.3) is 11.3 Å². The number of aliphatic hydroxyl groups is 1. The van der Waals surface area contributed by atoms with Crippen LogP contribution in [-0.4, -0.2) is 40.6 Å². The zero-order valence-electron chi connectivity index (χ0n) is 16.3. The van der Waals surface area contributed by atoms with Gasteiger partial charge in [-0.15, -0.1) is 0 Å². The molecular weight excluding hydrogens is 362 g/mol. The molecule has 7 nitrogen and oxygen atoms in total. The fourth-order valence-electron chi connectivity index (χ4n) is 3.57. The number of carbonyl (C=O) groups is 1. The maximum atomic E-state index is 12.6. The average molecular weight is 387 g/mol. The lowest BCUT2D eigenvalue weighted by Gasteiger charge is -2.33. The van der Waals surface area contributed by atoms with Crippen molar-refractivity contribution in [3.8, 4) is 22.8 Å². The molecule has 0 bridgehead atoms. The molecule has 1 aromatic carbocycles. The summed E-state index contributed by atoms with van der Waals surface area (Å²) < 4.78 is 12.3. The first-order valence-corrected chi connectivity index (χ1v) is 9.40. The molecule has 1 atom stereocenters. The van der Waals surface area contributed by atoms with Gasteiger partial charge in [-0.1, -0.05) is 13.8 Å². The van der Waals surface area contributed by atoms with E-state index in [0.717, 1.165) is 11.1 Å². The lowest BCUT2D eigenvalue weighted by molar-refractivity contribution is 0.0523. The summed E-state index contributed by atoms with van der Waals surface area (Å²) in [5, 5.41) is 19.3. The van der Waals surface area contributed by atoms with Crippen molar-refractivity contribution >= 4 is 5.97 Å². The first-order chi connectivity index (χ1) is 13.4. The van der Waals surface area contributed by atoms with Crippen molar-refractivity contribution in [3.63, 3.8) is 0 Å². The third kappa shape index (κ3) is 3.62. The molecule has 1 aliphatic rings. The van der Waals surface area contributed by atoms with Crippen molar-refractivity contribution in [1.29, 1.82) is 0 Å². The Morgan fingerprint density at radius 1 is 1.32 bits per heavy atom. The highest BCUT2D eigenvalue weighted by molar-refractivity contribution is 5.89. The van der Waals surface area contributed by atoms with Crippen LogP contribution in [0, 0.1) is 5.92 Å². The third-order valence-corrected chi connectivity index (χ3v) is 4.94. The van der Waals surface area contributed by atoms with Crippen LogP contribution in [0.5, 0.6) is 11.5 Å². The summed E-state index contributed by atoms with van der Waals surface area (Å²) in [4.78, 5) is 24.7. The van der Waals surface area contributed by atoms with E-state index in [1.807, 2.05) is 4.57 Å². The van der Waals surface area contributed by atoms with Crippen molar-refractivity contribution in [2.45, 2.75) is 33.2 Å². The number of fused-ring (bicyclic) bond motifs is 3. The van der Waals surface area contributed by atoms with Crippen LogP contribution in [0.2, 0.25) is 0 Å². The van der Waals surface area contributed by atoms with Gasteiger partial charge in [-0.05, 0) is 37.0 Å². The van der Waals surface area contributed by atoms with Crippen molar-refractivity contribution in [1.82, 2.24) is 4.57 Å². The highest BCUT2D eigenvalue weighted by Crippen LogP contribution is 2.42. The Hall–Kier alpha value is -2.80. The number of phenols is 1. The second-order valence-corrected chi connectivity index (χ2v) is 7.13. The van der Waals surface area contributed by atoms with Gasteiger partial charge in [0.1, 0.15) is 12.2 Å². The predicted octanol–water partition coefficient (Wildman–Crippen LogP) is 2.52. The smallest absolute Gasteiger partial charge is 0.343 e. The lowest BCUT2D eigenvalue weighted by Crippen LogP contribution is -2.28. The molecule has 0 fully saturated rings. The number of aromatic nitrogens is 1. The summed E-state index contributed by atoms with van der Waals surface area (Å²) >= 11 is 0. The van der Waals surface area contributed by atoms with E-state index < -0.39 is 11.4 Å². The highest BCUT2D eigenvalue weighted by Gasteiger charge is 2.29. The Bertz CT molecular complexity index is 947. The van der Waals surface area contributed by atoms with E-state index in [-0.39, 0.29) is 43.1 Å². The molecule has 3 rings (SSSR count). The largest absolute Gasteiger partial charge is 0.504 e. The Labute approximate surface area is 163 Å². The van der Waals surface area contributed by atoms with Crippen molar-refractivity contribution in [2.75, 3.05) is 19.8 Å². The van der Waals surface area contributed by atoms with Gasteiger partial charge in [0.25, 0.3) is 0 Å². The number of hydrogen-bond donors (Lipinski definition) is 2. The Morgan fingerprint density at radius 3 is 2.71 bits per heavy atom. The van der Waals surface area contributed by atoms with Gasteiger partial charge >= 0.3 is 5.97 Å². The van der Waals surface area contributed by atoms with Crippen molar-refractivity contribution in [3.05, 3.63) is 45.7 Å². The zero-order chi connectivity index (χ0) is 20.4. The number of ether oxygens (including phenoxy) is 2. The molecule has 1 aromatic heterocycles. The molecule has 1 unspecified atom stereocenters. The topological polar surface area (TPSA) is 98.0 Å². The van der Waals surface area contributed by atoms with E-state index in [4.69, 9.17) is 14.6 Å². The summed E-state index contributed by atoms with van der Waals surface area (Å²) in [6.07, 6.45) is 2.22. The summed E-state index contributed by atoms with van der Waals surface area (Å²) in [6, 6.07) is 4.76. The predicted molar refractivity (Wildman–Crippen MR) is 104 cm³/mol. The van der Waals surface area contributed by atoms with E-state index in [2.05, 4.69) is 13.8 Å². The molecule has 0 saturated carbocycles. The minimum Gasteiger partial charge on any atom is -0.504 e. The Morgan fingerprint density at radius 2 is 2.07 bits per heavy atom. The van der Waals surface area contributed by atoms with Crippen LogP contribution in [-0.2, 0) is 11.2 Å². The van der Waals surface area contributed by atoms with Crippen LogP contribution < -0.4 is 10.2 Å². The number of carbonyl (C=O) groups excluding carboxylic acids is 1. The number of nitrogens with zero attached hydrogens (tertiary/aromatic N) is 1. The minimum absolute atomic E-state index is 0.00632. The number of hydrogen-bond acceptors (Lipinski definition) is 6. The van der Waals surface area contributed by atoms with Crippen molar-refractivity contribution < 1.29 is 24.5 Å². The van der Waals surface area contributed by atoms with Crippen LogP contribution in [0.15, 0.2) is 29.2 Å². The molecule has 0 amide bonds. The summed E-state index contributed by atoms with van der Waals surface area (Å²) in [6.45, 7) is 5.97. The van der Waals surface area contributed by atoms with Gasteiger partial charge in [-0.3, -0.25) is 4.79 Å². The van der Waals surface area contributed by atoms with Crippen LogP contribution in [0.4, 0.5) is 0 Å². The third-order valence-electron chi connectivity index (χ3n) is 4.94. The van der Waals surface area contributed by atoms with Crippen LogP contribution in [0.1, 0.15) is 42.7 Å². The molecule has 2 heterocycles. The first kappa shape index (κ1) is 19.9. The molecule has 1 aliphatic heterocycles. The second-order valence-electron chi connectivity index (χ2n) is 7.13. The summed E-state index contributed by atoms with van der Waals surface area (Å²) in [5.41, 5.74) is 1.89. The number of phenolic OH excluding ortho intramolecular Hbond substituents is 1. The van der Waals surface area contributed by atoms with E-state index in [9.17, 15) is 14.7 Å². The normalized spacial score (nSPS) is 15.1.